The van der Waals surface area contributed by atoms with E-state index in [-0.39, 0.29) is 30.7 Å². The van der Waals surface area contributed by atoms with Crippen molar-refractivity contribution in [2.75, 3.05) is 23.3 Å². The van der Waals surface area contributed by atoms with Gasteiger partial charge < -0.3 is 16.0 Å². The van der Waals surface area contributed by atoms with E-state index in [1.165, 1.54) is 19.3 Å². The second-order valence-electron chi connectivity index (χ2n) is 4.84. The molecule has 4 nitrogen and oxygen atoms in total. The maximum absolute atomic E-state index is 11.7. The second-order valence-corrected chi connectivity index (χ2v) is 4.84. The molecule has 1 aromatic rings. The molecular weight excluding hydrogens is 297 g/mol. The number of anilines is 2. The Morgan fingerprint density at radius 2 is 1.80 bits per heavy atom. The van der Waals surface area contributed by atoms with Gasteiger partial charge in [0.15, 0.2) is 0 Å². The fourth-order valence-corrected chi connectivity index (χ4v) is 2.24. The lowest BCUT2D eigenvalue weighted by molar-refractivity contribution is -0.117. The van der Waals surface area contributed by atoms with Crippen LogP contribution in [0.1, 0.15) is 26.2 Å². The largest absolute Gasteiger partial charge is 0.370 e. The number of para-hydroxylation sites is 2. The summed E-state index contributed by atoms with van der Waals surface area (Å²) >= 11 is 0. The molecule has 1 saturated heterocycles. The number of hydrogen-bond acceptors (Lipinski definition) is 3. The molecule has 1 amide bonds. The minimum absolute atomic E-state index is 0. The summed E-state index contributed by atoms with van der Waals surface area (Å²) in [5.41, 5.74) is 7.55. The lowest BCUT2D eigenvalue weighted by Gasteiger charge is -2.30. The number of carbonyl (C=O) groups is 1. The number of nitrogens with one attached hydrogen (secondary N) is 1. The monoisotopic (exact) mass is 319 g/mol. The van der Waals surface area contributed by atoms with E-state index in [0.29, 0.717) is 0 Å². The van der Waals surface area contributed by atoms with E-state index in [4.69, 9.17) is 5.73 Å². The van der Waals surface area contributed by atoms with Crippen molar-refractivity contribution < 1.29 is 4.79 Å². The number of halogens is 2. The predicted molar refractivity (Wildman–Crippen MR) is 89.3 cm³/mol. The summed E-state index contributed by atoms with van der Waals surface area (Å²) in [7, 11) is 0. The van der Waals surface area contributed by atoms with Gasteiger partial charge in [0.05, 0.1) is 17.4 Å². The number of carbonyl (C=O) groups excluding carboxylic acids is 1. The molecule has 1 heterocycles. The molecule has 1 aliphatic heterocycles. The van der Waals surface area contributed by atoms with E-state index in [2.05, 4.69) is 16.3 Å². The molecule has 1 fully saturated rings. The maximum atomic E-state index is 11.7. The fraction of sp³-hybridized carbons (Fsp3) is 0.500. The number of benzene rings is 1. The fourth-order valence-electron chi connectivity index (χ4n) is 2.24. The van der Waals surface area contributed by atoms with Gasteiger partial charge in [0, 0.05) is 13.1 Å². The first-order valence-electron chi connectivity index (χ1n) is 6.59. The first kappa shape index (κ1) is 19.0. The zero-order chi connectivity index (χ0) is 13.0. The number of nitrogens with two attached hydrogens (primary N) is 1. The average Bonchev–Trinajstić information content (AvgIpc) is 2.40. The minimum atomic E-state index is -0.487. The molecule has 0 aromatic heterocycles. The first-order valence-corrected chi connectivity index (χ1v) is 6.59. The van der Waals surface area contributed by atoms with Gasteiger partial charge in [0.2, 0.25) is 5.91 Å². The number of amides is 1. The van der Waals surface area contributed by atoms with E-state index in [9.17, 15) is 4.79 Å². The molecule has 1 atom stereocenters. The van der Waals surface area contributed by atoms with Crippen LogP contribution >= 0.6 is 24.8 Å². The van der Waals surface area contributed by atoms with Crippen LogP contribution in [0.2, 0.25) is 0 Å². The van der Waals surface area contributed by atoms with Crippen LogP contribution in [-0.4, -0.2) is 25.0 Å². The summed E-state index contributed by atoms with van der Waals surface area (Å²) in [5, 5.41) is 2.90. The molecule has 0 radical (unpaired) electrons. The number of piperidine rings is 1. The Morgan fingerprint density at radius 1 is 1.20 bits per heavy atom. The lowest BCUT2D eigenvalue weighted by Crippen LogP contribution is -2.34. The molecule has 3 N–H and O–H groups in total. The van der Waals surface area contributed by atoms with Crippen LogP contribution in [-0.2, 0) is 4.79 Å². The van der Waals surface area contributed by atoms with E-state index >= 15 is 0 Å². The molecule has 6 heteroatoms. The van der Waals surface area contributed by atoms with E-state index < -0.39 is 6.04 Å². The molecule has 0 bridgehead atoms. The summed E-state index contributed by atoms with van der Waals surface area (Å²) in [6.07, 6.45) is 3.73. The van der Waals surface area contributed by atoms with Crippen molar-refractivity contribution in [1.29, 1.82) is 0 Å². The molecule has 1 aliphatic rings. The van der Waals surface area contributed by atoms with Crippen LogP contribution in [0.5, 0.6) is 0 Å². The summed E-state index contributed by atoms with van der Waals surface area (Å²) in [6, 6.07) is 7.45. The third-order valence-corrected chi connectivity index (χ3v) is 3.27. The van der Waals surface area contributed by atoms with Crippen LogP contribution in [0.25, 0.3) is 0 Å². The summed E-state index contributed by atoms with van der Waals surface area (Å²) < 4.78 is 0. The highest BCUT2D eigenvalue weighted by atomic mass is 35.5. The Labute approximate surface area is 132 Å². The number of hydrogen-bond donors (Lipinski definition) is 2. The van der Waals surface area contributed by atoms with Crippen molar-refractivity contribution in [2.24, 2.45) is 5.73 Å². The topological polar surface area (TPSA) is 58.4 Å². The zero-order valence-corrected chi connectivity index (χ0v) is 13.3. The molecule has 2 rings (SSSR count). The molecule has 0 aliphatic carbocycles. The van der Waals surface area contributed by atoms with Gasteiger partial charge in [-0.15, -0.1) is 24.8 Å². The van der Waals surface area contributed by atoms with Crippen molar-refractivity contribution in [3.05, 3.63) is 24.3 Å². The zero-order valence-electron chi connectivity index (χ0n) is 11.7. The molecule has 114 valence electrons. The molecule has 0 unspecified atom stereocenters. The molecule has 20 heavy (non-hydrogen) atoms. The molecule has 0 spiro atoms. The highest BCUT2D eigenvalue weighted by Crippen LogP contribution is 2.28. The Hall–Kier alpha value is -0.970. The Balaban J connectivity index is 0.00000180. The smallest absolute Gasteiger partial charge is 0.241 e. The van der Waals surface area contributed by atoms with Crippen LogP contribution in [0.3, 0.4) is 0 Å². The highest BCUT2D eigenvalue weighted by Gasteiger charge is 2.16. The average molecular weight is 320 g/mol. The van der Waals surface area contributed by atoms with Crippen LogP contribution in [0.4, 0.5) is 11.4 Å². The van der Waals surface area contributed by atoms with E-state index in [1.807, 2.05) is 18.2 Å². The molecular formula is C14H23Cl2N3O. The summed E-state index contributed by atoms with van der Waals surface area (Å²) in [5.74, 6) is -0.139. The van der Waals surface area contributed by atoms with Gasteiger partial charge in [-0.1, -0.05) is 12.1 Å². The lowest BCUT2D eigenvalue weighted by atomic mass is 10.1. The third-order valence-electron chi connectivity index (χ3n) is 3.27. The van der Waals surface area contributed by atoms with Crippen molar-refractivity contribution in [2.45, 2.75) is 32.2 Å². The normalized spacial score (nSPS) is 15.6. The third kappa shape index (κ3) is 4.85. The van der Waals surface area contributed by atoms with E-state index in [0.717, 1.165) is 24.5 Å². The number of rotatable bonds is 3. The van der Waals surface area contributed by atoms with Crippen LogP contribution < -0.4 is 16.0 Å². The summed E-state index contributed by atoms with van der Waals surface area (Å²) in [6.45, 7) is 3.81. The molecule has 0 saturated carbocycles. The first-order chi connectivity index (χ1) is 8.68. The minimum Gasteiger partial charge on any atom is -0.370 e. The molecule has 1 aromatic carbocycles. The van der Waals surface area contributed by atoms with Crippen molar-refractivity contribution in [3.63, 3.8) is 0 Å². The van der Waals surface area contributed by atoms with Crippen LogP contribution in [0, 0.1) is 0 Å². The van der Waals surface area contributed by atoms with Crippen molar-refractivity contribution in [3.8, 4) is 0 Å². The van der Waals surface area contributed by atoms with Gasteiger partial charge in [-0.2, -0.15) is 0 Å². The van der Waals surface area contributed by atoms with Crippen molar-refractivity contribution >= 4 is 42.1 Å². The second kappa shape index (κ2) is 9.06. The highest BCUT2D eigenvalue weighted by molar-refractivity contribution is 5.97. The SMILES string of the molecule is C[C@H](N)C(=O)Nc1ccccc1N1CCCCC1.Cl.Cl. The van der Waals surface area contributed by atoms with Crippen LogP contribution in [0.15, 0.2) is 24.3 Å². The van der Waals surface area contributed by atoms with Crippen molar-refractivity contribution in [1.82, 2.24) is 0 Å². The standard InChI is InChI=1S/C14H21N3O.2ClH/c1-11(15)14(18)16-12-7-3-4-8-13(12)17-9-5-2-6-10-17;;/h3-4,7-8,11H,2,5-6,9-10,15H2,1H3,(H,16,18);2*1H/t11-;;/m0../s1. The summed E-state index contributed by atoms with van der Waals surface area (Å²) in [4.78, 5) is 14.0. The van der Waals surface area contributed by atoms with Gasteiger partial charge in [-0.05, 0) is 38.3 Å². The number of nitrogens with zero attached hydrogens (tertiary/aromatic N) is 1. The Kier molecular flexibility index (Phi) is 8.62. The van der Waals surface area contributed by atoms with E-state index in [1.54, 1.807) is 6.92 Å². The predicted octanol–water partition coefficient (Wildman–Crippen LogP) is 2.81. The maximum Gasteiger partial charge on any atom is 0.241 e. The Morgan fingerprint density at radius 3 is 2.40 bits per heavy atom. The van der Waals surface area contributed by atoms with Gasteiger partial charge in [0.1, 0.15) is 0 Å². The van der Waals surface area contributed by atoms with Gasteiger partial charge in [0.25, 0.3) is 0 Å². The Bertz CT molecular complexity index is 421. The van der Waals surface area contributed by atoms with Gasteiger partial charge in [-0.3, -0.25) is 4.79 Å². The quantitative estimate of drug-likeness (QED) is 0.900. The van der Waals surface area contributed by atoms with Gasteiger partial charge in [-0.25, -0.2) is 0 Å². The van der Waals surface area contributed by atoms with Gasteiger partial charge >= 0.3 is 0 Å².